The van der Waals surface area contributed by atoms with Crippen molar-refractivity contribution in [3.63, 3.8) is 0 Å². The molecule has 2 saturated heterocycles. The highest BCUT2D eigenvalue weighted by Gasteiger charge is 2.42. The highest BCUT2D eigenvalue weighted by Crippen LogP contribution is 2.23. The van der Waals surface area contributed by atoms with Gasteiger partial charge in [-0.2, -0.15) is 0 Å². The number of carboxylic acid groups (broad SMARTS) is 1. The number of nitrogens with zero attached hydrogens (tertiary/aromatic N) is 4. The number of ether oxygens (including phenoxy) is 1. The van der Waals surface area contributed by atoms with Crippen LogP contribution in [0.3, 0.4) is 0 Å². The summed E-state index contributed by atoms with van der Waals surface area (Å²) < 4.78 is 6.99. The first kappa shape index (κ1) is 19.5. The van der Waals surface area contributed by atoms with E-state index in [0.717, 1.165) is 5.69 Å². The van der Waals surface area contributed by atoms with E-state index in [4.69, 9.17) is 14.6 Å². The molecule has 150 valence electrons. The van der Waals surface area contributed by atoms with Gasteiger partial charge in [-0.05, 0) is 6.92 Å². The number of aryl methyl sites for hydroxylation is 1. The summed E-state index contributed by atoms with van der Waals surface area (Å²) >= 11 is 0. The Labute approximate surface area is 159 Å². The first-order chi connectivity index (χ1) is 13.4. The van der Waals surface area contributed by atoms with Gasteiger partial charge < -0.3 is 19.6 Å². The number of aromatic nitrogens is 3. The van der Waals surface area contributed by atoms with Gasteiger partial charge in [-0.25, -0.2) is 9.50 Å². The van der Waals surface area contributed by atoms with Gasteiger partial charge in [0, 0.05) is 38.1 Å². The van der Waals surface area contributed by atoms with E-state index in [1.165, 1.54) is 10.7 Å². The molecular weight excluding hydrogens is 370 g/mol. The Hall–Kier alpha value is -3.21. The van der Waals surface area contributed by atoms with E-state index in [1.54, 1.807) is 22.9 Å². The minimum absolute atomic E-state index is 0.00443. The molecule has 0 bridgehead atoms. The van der Waals surface area contributed by atoms with Crippen LogP contribution in [0, 0.1) is 6.92 Å². The molecule has 2 fully saturated rings. The smallest absolute Gasteiger partial charge is 0.290 e. The molecule has 2 aliphatic rings. The van der Waals surface area contributed by atoms with E-state index in [9.17, 15) is 14.4 Å². The van der Waals surface area contributed by atoms with Gasteiger partial charge in [-0.15, -0.1) is 0 Å². The fourth-order valence-corrected chi connectivity index (χ4v) is 3.51. The molecule has 0 aromatic carbocycles. The van der Waals surface area contributed by atoms with Crippen molar-refractivity contribution in [1.82, 2.24) is 24.4 Å². The summed E-state index contributed by atoms with van der Waals surface area (Å²) in [5.41, 5.74) is 0.829. The molecular formula is C17H21N5O6. The van der Waals surface area contributed by atoms with Crippen LogP contribution in [-0.2, 0) is 14.3 Å². The summed E-state index contributed by atoms with van der Waals surface area (Å²) in [4.78, 5) is 53.1. The highest BCUT2D eigenvalue weighted by atomic mass is 16.5. The fourth-order valence-electron chi connectivity index (χ4n) is 3.51. The van der Waals surface area contributed by atoms with Gasteiger partial charge >= 0.3 is 0 Å². The maximum absolute atomic E-state index is 12.8. The molecule has 0 spiro atoms. The second-order valence-corrected chi connectivity index (χ2v) is 6.66. The van der Waals surface area contributed by atoms with Gasteiger partial charge in [0.2, 0.25) is 5.91 Å². The molecule has 0 aliphatic carbocycles. The number of fused-ring (bicyclic) bond motifs is 2. The average molecular weight is 391 g/mol. The number of likely N-dealkylation sites (tertiary alicyclic amines) is 1. The average Bonchev–Trinajstić information content (AvgIpc) is 3.22. The number of hydrogen-bond acceptors (Lipinski definition) is 6. The van der Waals surface area contributed by atoms with Crippen molar-refractivity contribution >= 4 is 23.9 Å². The quantitative estimate of drug-likeness (QED) is 0.601. The van der Waals surface area contributed by atoms with Crippen LogP contribution in [0.25, 0.3) is 5.65 Å². The van der Waals surface area contributed by atoms with Crippen LogP contribution in [0.15, 0.2) is 17.1 Å². The van der Waals surface area contributed by atoms with Crippen molar-refractivity contribution in [2.45, 2.75) is 25.5 Å². The van der Waals surface area contributed by atoms with Crippen LogP contribution in [0.5, 0.6) is 0 Å². The highest BCUT2D eigenvalue weighted by molar-refractivity contribution is 5.94. The number of carbonyl (C=O) groups is 3. The summed E-state index contributed by atoms with van der Waals surface area (Å²) in [5.74, 6) is -0.386. The lowest BCUT2D eigenvalue weighted by atomic mass is 10.2. The standard InChI is InChI=1S/C16H19N5O4.CH2O2/c1-9-5-13-17-6-10(16(24)21(13)18-9)15(23)20-7-11-12(8-20)25-4-3-14(22)19(11)2;2-1-3/h5-6,11-12,18H,3-4,7-8H2,1-2H3;1H,(H,2,3)/t11-,12-;/m0./s1. The number of nitrogens with one attached hydrogen (secondary N) is 1. The summed E-state index contributed by atoms with van der Waals surface area (Å²) in [6.45, 7) is 2.61. The van der Waals surface area contributed by atoms with Crippen LogP contribution in [0.1, 0.15) is 22.5 Å². The summed E-state index contributed by atoms with van der Waals surface area (Å²) in [6, 6.07) is 1.55. The minimum Gasteiger partial charge on any atom is -0.483 e. The third kappa shape index (κ3) is 3.48. The molecule has 4 rings (SSSR count). The SMILES string of the molecule is Cc1cc2ncc(C(=O)N3C[C@@H]4OCCC(=O)N(C)[C@H]4C3)c(=O)n2[nH]1.O=CO. The van der Waals surface area contributed by atoms with Crippen molar-refractivity contribution in [1.29, 1.82) is 0 Å². The van der Waals surface area contributed by atoms with Gasteiger partial charge in [-0.1, -0.05) is 0 Å². The molecule has 2 N–H and O–H groups in total. The molecule has 0 saturated carbocycles. The topological polar surface area (TPSA) is 137 Å². The first-order valence-electron chi connectivity index (χ1n) is 8.69. The molecule has 2 aromatic heterocycles. The molecule has 11 nitrogen and oxygen atoms in total. The number of H-pyrrole nitrogens is 1. The predicted octanol–water partition coefficient (Wildman–Crippen LogP) is -0.896. The molecule has 11 heteroatoms. The largest absolute Gasteiger partial charge is 0.483 e. The van der Waals surface area contributed by atoms with Gasteiger partial charge in [0.05, 0.1) is 25.2 Å². The van der Waals surface area contributed by atoms with E-state index >= 15 is 0 Å². The summed E-state index contributed by atoms with van der Waals surface area (Å²) in [5, 5.41) is 9.77. The van der Waals surface area contributed by atoms with Crippen LogP contribution in [0.2, 0.25) is 0 Å². The number of aromatic amines is 1. The van der Waals surface area contributed by atoms with E-state index in [1.807, 2.05) is 6.92 Å². The Bertz CT molecular complexity index is 967. The Kier molecular flexibility index (Phi) is 5.45. The Morgan fingerprint density at radius 2 is 2.11 bits per heavy atom. The first-order valence-corrected chi connectivity index (χ1v) is 8.69. The van der Waals surface area contributed by atoms with Crippen molar-refractivity contribution in [3.05, 3.63) is 33.9 Å². The Morgan fingerprint density at radius 3 is 2.82 bits per heavy atom. The summed E-state index contributed by atoms with van der Waals surface area (Å²) in [6.07, 6.45) is 1.44. The Balaban J connectivity index is 0.000000706. The predicted molar refractivity (Wildman–Crippen MR) is 96.1 cm³/mol. The van der Waals surface area contributed by atoms with Crippen molar-refractivity contribution in [2.24, 2.45) is 0 Å². The molecule has 2 atom stereocenters. The number of carbonyl (C=O) groups excluding carboxylic acids is 2. The minimum atomic E-state index is -0.430. The van der Waals surface area contributed by atoms with Gasteiger partial charge in [0.15, 0.2) is 5.65 Å². The van der Waals surface area contributed by atoms with E-state index < -0.39 is 11.5 Å². The van der Waals surface area contributed by atoms with Crippen molar-refractivity contribution < 1.29 is 24.2 Å². The van der Waals surface area contributed by atoms with E-state index in [0.29, 0.717) is 31.8 Å². The third-order valence-corrected chi connectivity index (χ3v) is 4.92. The van der Waals surface area contributed by atoms with Gasteiger partial charge in [0.25, 0.3) is 17.9 Å². The van der Waals surface area contributed by atoms with E-state index in [-0.39, 0.29) is 30.1 Å². The third-order valence-electron chi connectivity index (χ3n) is 4.92. The second kappa shape index (κ2) is 7.80. The van der Waals surface area contributed by atoms with Crippen LogP contribution in [-0.4, -0.2) is 86.7 Å². The van der Waals surface area contributed by atoms with Crippen molar-refractivity contribution in [2.75, 3.05) is 26.7 Å². The number of likely N-dealkylation sites (N-methyl/N-ethyl adjacent to an activating group) is 1. The zero-order chi connectivity index (χ0) is 20.4. The summed E-state index contributed by atoms with van der Waals surface area (Å²) in [7, 11) is 1.73. The van der Waals surface area contributed by atoms with Crippen LogP contribution in [0.4, 0.5) is 0 Å². The normalized spacial score (nSPS) is 21.7. The monoisotopic (exact) mass is 391 g/mol. The second-order valence-electron chi connectivity index (χ2n) is 6.66. The molecule has 0 radical (unpaired) electrons. The number of hydrogen-bond donors (Lipinski definition) is 2. The maximum Gasteiger partial charge on any atom is 0.290 e. The molecule has 2 aromatic rings. The number of rotatable bonds is 1. The fraction of sp³-hybridized carbons (Fsp3) is 0.471. The molecule has 4 heterocycles. The zero-order valence-electron chi connectivity index (χ0n) is 15.5. The number of amides is 2. The van der Waals surface area contributed by atoms with Crippen molar-refractivity contribution in [3.8, 4) is 0 Å². The zero-order valence-corrected chi connectivity index (χ0v) is 15.5. The lowest BCUT2D eigenvalue weighted by molar-refractivity contribution is -0.131. The van der Waals surface area contributed by atoms with Gasteiger partial charge in [0.1, 0.15) is 5.56 Å². The lowest BCUT2D eigenvalue weighted by Crippen LogP contribution is -2.43. The van der Waals surface area contributed by atoms with E-state index in [2.05, 4.69) is 10.1 Å². The maximum atomic E-state index is 12.8. The van der Waals surface area contributed by atoms with Crippen LogP contribution >= 0.6 is 0 Å². The lowest BCUT2D eigenvalue weighted by Gasteiger charge is -2.25. The molecule has 0 unspecified atom stereocenters. The van der Waals surface area contributed by atoms with Crippen LogP contribution < -0.4 is 5.56 Å². The van der Waals surface area contributed by atoms with Gasteiger partial charge in [-0.3, -0.25) is 24.3 Å². The Morgan fingerprint density at radius 1 is 1.39 bits per heavy atom. The molecule has 2 aliphatic heterocycles. The molecule has 28 heavy (non-hydrogen) atoms. The molecule has 2 amide bonds.